The van der Waals surface area contributed by atoms with Gasteiger partial charge >= 0.3 is 0 Å². The molecule has 1 atom stereocenters. The Kier molecular flexibility index (Phi) is 5.49. The number of hydrogen-bond donors (Lipinski definition) is 1. The van der Waals surface area contributed by atoms with Gasteiger partial charge in [-0.05, 0) is 48.5 Å². The van der Waals surface area contributed by atoms with E-state index in [0.717, 1.165) is 36.0 Å². The van der Waals surface area contributed by atoms with Crippen molar-refractivity contribution in [3.63, 3.8) is 0 Å². The molecule has 0 aliphatic rings. The molecule has 1 unspecified atom stereocenters. The normalized spacial score (nSPS) is 13.1. The van der Waals surface area contributed by atoms with Crippen LogP contribution < -0.4 is 0 Å². The van der Waals surface area contributed by atoms with Gasteiger partial charge < -0.3 is 5.11 Å². The van der Waals surface area contributed by atoms with Gasteiger partial charge in [-0.1, -0.05) is 13.3 Å². The van der Waals surface area contributed by atoms with Crippen LogP contribution in [0.15, 0.2) is 4.47 Å². The Balaban J connectivity index is 2.85. The average molecular weight is 289 g/mol. The van der Waals surface area contributed by atoms with Crippen molar-refractivity contribution in [1.29, 1.82) is 0 Å². The molecule has 1 aromatic rings. The summed E-state index contributed by atoms with van der Waals surface area (Å²) in [5.74, 6) is 0.350. The molecule has 0 aromatic carbocycles. The fourth-order valence-electron chi connectivity index (χ4n) is 2.00. The molecule has 0 aliphatic heterocycles. The Morgan fingerprint density at radius 3 is 2.62 bits per heavy atom. The molecule has 0 saturated heterocycles. The minimum absolute atomic E-state index is 0.258. The highest BCUT2D eigenvalue weighted by Crippen LogP contribution is 2.25. The highest BCUT2D eigenvalue weighted by Gasteiger charge is 2.16. The molecule has 3 nitrogen and oxygen atoms in total. The lowest BCUT2D eigenvalue weighted by molar-refractivity contribution is 0.215. The monoisotopic (exact) mass is 288 g/mol. The van der Waals surface area contributed by atoms with Gasteiger partial charge in [0.25, 0.3) is 0 Å². The number of aryl methyl sites for hydroxylation is 2. The van der Waals surface area contributed by atoms with Crippen LogP contribution >= 0.6 is 15.9 Å². The summed E-state index contributed by atoms with van der Waals surface area (Å²) in [6.07, 6.45) is 3.08. The highest BCUT2D eigenvalue weighted by molar-refractivity contribution is 9.10. The second-order valence-corrected chi connectivity index (χ2v) is 5.00. The molecule has 1 N–H and O–H groups in total. The van der Waals surface area contributed by atoms with Gasteiger partial charge in [-0.25, -0.2) is 0 Å². The summed E-state index contributed by atoms with van der Waals surface area (Å²) < 4.78 is 3.13. The van der Waals surface area contributed by atoms with E-state index >= 15 is 0 Å². The molecule has 0 aliphatic carbocycles. The predicted molar refractivity (Wildman–Crippen MR) is 69.5 cm³/mol. The quantitative estimate of drug-likeness (QED) is 0.874. The van der Waals surface area contributed by atoms with Crippen LogP contribution in [0.5, 0.6) is 0 Å². The van der Waals surface area contributed by atoms with Crippen LogP contribution in [-0.2, 0) is 13.0 Å². The number of aliphatic hydroxyl groups excluding tert-OH is 1. The molecule has 4 heteroatoms. The van der Waals surface area contributed by atoms with E-state index in [-0.39, 0.29) is 6.61 Å². The summed E-state index contributed by atoms with van der Waals surface area (Å²) in [7, 11) is 0. The molecule has 16 heavy (non-hydrogen) atoms. The number of hydrogen-bond acceptors (Lipinski definition) is 2. The van der Waals surface area contributed by atoms with Gasteiger partial charge in [-0.15, -0.1) is 0 Å². The van der Waals surface area contributed by atoms with E-state index in [1.54, 1.807) is 0 Å². The van der Waals surface area contributed by atoms with Crippen molar-refractivity contribution in [2.75, 3.05) is 6.61 Å². The van der Waals surface area contributed by atoms with Gasteiger partial charge in [-0.3, -0.25) is 4.68 Å². The van der Waals surface area contributed by atoms with Crippen molar-refractivity contribution >= 4 is 15.9 Å². The zero-order valence-electron chi connectivity index (χ0n) is 10.3. The zero-order valence-corrected chi connectivity index (χ0v) is 11.9. The van der Waals surface area contributed by atoms with Gasteiger partial charge in [0.1, 0.15) is 0 Å². The van der Waals surface area contributed by atoms with E-state index in [1.807, 2.05) is 11.6 Å². The molecule has 0 saturated carbocycles. The van der Waals surface area contributed by atoms with Gasteiger partial charge in [0.05, 0.1) is 15.9 Å². The van der Waals surface area contributed by atoms with E-state index in [0.29, 0.717) is 5.92 Å². The summed E-state index contributed by atoms with van der Waals surface area (Å²) in [4.78, 5) is 0. The van der Waals surface area contributed by atoms with Crippen molar-refractivity contribution in [1.82, 2.24) is 9.78 Å². The second-order valence-electron chi connectivity index (χ2n) is 4.20. The third-order valence-corrected chi connectivity index (χ3v) is 3.92. The molecule has 0 fully saturated rings. The van der Waals surface area contributed by atoms with Crippen molar-refractivity contribution in [3.8, 4) is 0 Å². The molecular weight excluding hydrogens is 268 g/mol. The Bertz CT molecular complexity index is 336. The summed E-state index contributed by atoms with van der Waals surface area (Å²) >= 11 is 3.59. The van der Waals surface area contributed by atoms with Crippen LogP contribution in [0.4, 0.5) is 0 Å². The second kappa shape index (κ2) is 6.40. The largest absolute Gasteiger partial charge is 0.396 e. The molecule has 0 spiro atoms. The fourth-order valence-corrected chi connectivity index (χ4v) is 2.45. The standard InChI is InChI=1S/C12H21BrN2O/c1-4-6-10(8-16)7-11-12(13)9(3)14-15(11)5-2/h10,16H,4-8H2,1-3H3. The third-order valence-electron chi connectivity index (χ3n) is 2.89. The summed E-state index contributed by atoms with van der Waals surface area (Å²) in [5.41, 5.74) is 2.25. The van der Waals surface area contributed by atoms with E-state index in [4.69, 9.17) is 0 Å². The van der Waals surface area contributed by atoms with E-state index in [1.165, 1.54) is 5.69 Å². The molecule has 1 rings (SSSR count). The summed E-state index contributed by atoms with van der Waals surface area (Å²) in [5, 5.41) is 13.8. The predicted octanol–water partition coefficient (Wildman–Crippen LogP) is 2.93. The molecule has 0 radical (unpaired) electrons. The topological polar surface area (TPSA) is 38.1 Å². The fraction of sp³-hybridized carbons (Fsp3) is 0.750. The first-order chi connectivity index (χ1) is 7.63. The SMILES string of the molecule is CCCC(CO)Cc1c(Br)c(C)nn1CC. The van der Waals surface area contributed by atoms with Crippen molar-refractivity contribution in [2.45, 2.75) is 46.6 Å². The third kappa shape index (κ3) is 3.08. The van der Waals surface area contributed by atoms with Crippen molar-refractivity contribution < 1.29 is 5.11 Å². The minimum atomic E-state index is 0.258. The molecule has 92 valence electrons. The smallest absolute Gasteiger partial charge is 0.0738 e. The number of nitrogens with zero attached hydrogens (tertiary/aromatic N) is 2. The minimum Gasteiger partial charge on any atom is -0.396 e. The first kappa shape index (κ1) is 13.7. The van der Waals surface area contributed by atoms with Crippen LogP contribution in [0, 0.1) is 12.8 Å². The maximum atomic E-state index is 9.33. The van der Waals surface area contributed by atoms with E-state index < -0.39 is 0 Å². The molecule has 0 amide bonds. The summed E-state index contributed by atoms with van der Waals surface area (Å²) in [6.45, 7) is 7.39. The number of aliphatic hydroxyl groups is 1. The molecule has 0 bridgehead atoms. The lowest BCUT2D eigenvalue weighted by Gasteiger charge is -2.14. The molecular formula is C12H21BrN2O. The van der Waals surface area contributed by atoms with E-state index in [2.05, 4.69) is 34.9 Å². The number of aromatic nitrogens is 2. The maximum absolute atomic E-state index is 9.33. The first-order valence-corrected chi connectivity index (χ1v) is 6.75. The zero-order chi connectivity index (χ0) is 12.1. The lowest BCUT2D eigenvalue weighted by Crippen LogP contribution is -2.13. The first-order valence-electron chi connectivity index (χ1n) is 5.96. The average Bonchev–Trinajstić information content (AvgIpc) is 2.55. The van der Waals surface area contributed by atoms with Crippen molar-refractivity contribution in [2.24, 2.45) is 5.92 Å². The van der Waals surface area contributed by atoms with Crippen LogP contribution in [0.2, 0.25) is 0 Å². The Labute approximate surface area is 106 Å². The van der Waals surface area contributed by atoms with Crippen molar-refractivity contribution in [3.05, 3.63) is 15.9 Å². The van der Waals surface area contributed by atoms with Crippen LogP contribution in [0.3, 0.4) is 0 Å². The van der Waals surface area contributed by atoms with Crippen LogP contribution in [0.1, 0.15) is 38.1 Å². The number of halogens is 1. The Morgan fingerprint density at radius 1 is 1.44 bits per heavy atom. The number of rotatable bonds is 6. The van der Waals surface area contributed by atoms with Gasteiger partial charge in [-0.2, -0.15) is 5.10 Å². The van der Waals surface area contributed by atoms with Gasteiger partial charge in [0, 0.05) is 13.2 Å². The molecule has 1 aromatic heterocycles. The van der Waals surface area contributed by atoms with Crippen LogP contribution in [-0.4, -0.2) is 21.5 Å². The van der Waals surface area contributed by atoms with Crippen LogP contribution in [0.25, 0.3) is 0 Å². The summed E-state index contributed by atoms with van der Waals surface area (Å²) in [6, 6.07) is 0. The lowest BCUT2D eigenvalue weighted by atomic mass is 9.99. The van der Waals surface area contributed by atoms with E-state index in [9.17, 15) is 5.11 Å². The Morgan fingerprint density at radius 2 is 2.12 bits per heavy atom. The Hall–Kier alpha value is -0.350. The maximum Gasteiger partial charge on any atom is 0.0738 e. The molecule has 1 heterocycles. The highest BCUT2D eigenvalue weighted by atomic mass is 79.9. The van der Waals surface area contributed by atoms with Gasteiger partial charge in [0.2, 0.25) is 0 Å². The van der Waals surface area contributed by atoms with Gasteiger partial charge in [0.15, 0.2) is 0 Å².